The zero-order valence-electron chi connectivity index (χ0n) is 37.8. The molecule has 9 heterocycles. The Bertz CT molecular complexity index is 2860. The molecule has 0 spiro atoms. The number of piperidine rings is 3. The van der Waals surface area contributed by atoms with Gasteiger partial charge >= 0.3 is 0 Å². The molecule has 19 heteroatoms. The molecule has 4 aliphatic rings. The van der Waals surface area contributed by atoms with Crippen molar-refractivity contribution in [3.63, 3.8) is 0 Å². The largest absolute Gasteiger partial charge is 0.389 e. The molecule has 10 rings (SSSR count). The third-order valence-electron chi connectivity index (χ3n) is 14.1. The van der Waals surface area contributed by atoms with Gasteiger partial charge in [-0.25, -0.2) is 18.9 Å². The molecule has 0 saturated carbocycles. The normalized spacial score (nSPS) is 19.7. The predicted molar refractivity (Wildman–Crippen MR) is 251 cm³/mol. The number of hydrogen-bond acceptors (Lipinski definition) is 14. The number of nitrogens with zero attached hydrogens (tertiary/aromatic N) is 12. The number of aliphatic hydroxyl groups is 1. The summed E-state index contributed by atoms with van der Waals surface area (Å²) in [4.78, 5) is 60.1. The predicted octanol–water partition coefficient (Wildman–Crippen LogP) is 4.75. The van der Waals surface area contributed by atoms with E-state index in [0.717, 1.165) is 48.8 Å². The molecule has 1 unspecified atom stereocenters. The summed E-state index contributed by atoms with van der Waals surface area (Å²) in [5, 5.41) is 36.1. The summed E-state index contributed by atoms with van der Waals surface area (Å²) in [7, 11) is 0. The van der Waals surface area contributed by atoms with E-state index in [2.05, 4.69) is 49.6 Å². The molecule has 5 aromatic heterocycles. The van der Waals surface area contributed by atoms with E-state index in [1.807, 2.05) is 57.3 Å². The van der Waals surface area contributed by atoms with Gasteiger partial charge in [0, 0.05) is 100 Å². The van der Waals surface area contributed by atoms with Gasteiger partial charge in [0.2, 0.25) is 17.7 Å². The number of carbonyl (C=O) groups is 3. The third kappa shape index (κ3) is 9.21. The molecule has 6 aromatic rings. The standard InChI is InChI=1S/C49H53FN14O4/c1-32(39-4-2-3-15-52-39)59-20-22-61(23-21-59)43-9-5-33(27-53-43)46-47-34(26-51)28-55-64(47)31-41(57-46)35-29-54-63(30-35)37-11-16-62(17-12-37)45(66)25-49(68)13-18-60(19-14-49)42-8-6-36(24-38(42)50)56-40-7-10-44(65)58-48(40)67/h2-6,8-9,15,24,27-32,37,40,56,68H,7,10-14,16-23,25H2,1H3,(H,58,65,67)/t32-,40?/m1/s1. The van der Waals surface area contributed by atoms with Crippen molar-refractivity contribution in [2.24, 2.45) is 0 Å². The Labute approximate surface area is 392 Å². The summed E-state index contributed by atoms with van der Waals surface area (Å²) in [6.07, 6.45) is 13.3. The highest BCUT2D eigenvalue weighted by atomic mass is 19.1. The maximum absolute atomic E-state index is 15.3. The van der Waals surface area contributed by atoms with Crippen molar-refractivity contribution >= 4 is 40.4 Å². The molecule has 350 valence electrons. The summed E-state index contributed by atoms with van der Waals surface area (Å²) in [5.74, 6) is -0.427. The molecule has 4 aliphatic heterocycles. The Balaban J connectivity index is 0.739. The molecule has 2 atom stereocenters. The van der Waals surface area contributed by atoms with Crippen molar-refractivity contribution in [2.45, 2.75) is 75.6 Å². The van der Waals surface area contributed by atoms with Crippen LogP contribution in [0.4, 0.5) is 21.6 Å². The Morgan fingerprint density at radius 2 is 1.74 bits per heavy atom. The number of imide groups is 1. The van der Waals surface area contributed by atoms with Crippen molar-refractivity contribution in [3.05, 3.63) is 103 Å². The molecule has 68 heavy (non-hydrogen) atoms. The number of pyridine rings is 2. The second-order valence-electron chi connectivity index (χ2n) is 18.3. The van der Waals surface area contributed by atoms with Gasteiger partial charge in [0.25, 0.3) is 0 Å². The highest BCUT2D eigenvalue weighted by Gasteiger charge is 2.38. The van der Waals surface area contributed by atoms with Crippen LogP contribution in [0, 0.1) is 17.1 Å². The second kappa shape index (κ2) is 18.8. The summed E-state index contributed by atoms with van der Waals surface area (Å²) < 4.78 is 18.9. The molecular formula is C49H53FN14O4. The number of nitriles is 1. The first-order valence-corrected chi connectivity index (χ1v) is 23.3. The molecule has 18 nitrogen and oxygen atoms in total. The average Bonchev–Trinajstić information content (AvgIpc) is 4.04. The lowest BCUT2D eigenvalue weighted by Gasteiger charge is -2.40. The number of nitrogens with one attached hydrogen (secondary N) is 2. The van der Waals surface area contributed by atoms with Gasteiger partial charge in [-0.15, -0.1) is 0 Å². The Morgan fingerprint density at radius 1 is 0.926 bits per heavy atom. The Kier molecular flexibility index (Phi) is 12.3. The third-order valence-corrected chi connectivity index (χ3v) is 14.1. The van der Waals surface area contributed by atoms with Gasteiger partial charge in [0.05, 0.1) is 59.4 Å². The van der Waals surface area contributed by atoms with Crippen LogP contribution in [0.25, 0.3) is 28.0 Å². The number of rotatable bonds is 11. The van der Waals surface area contributed by atoms with Crippen LogP contribution < -0.4 is 20.4 Å². The molecule has 3 N–H and O–H groups in total. The van der Waals surface area contributed by atoms with Gasteiger partial charge in [-0.3, -0.25) is 34.3 Å². The lowest BCUT2D eigenvalue weighted by atomic mass is 9.87. The smallest absolute Gasteiger partial charge is 0.249 e. The zero-order valence-corrected chi connectivity index (χ0v) is 37.8. The number of likely N-dealkylation sites (tertiary alicyclic amines) is 1. The van der Waals surface area contributed by atoms with Crippen molar-refractivity contribution in [1.29, 1.82) is 5.26 Å². The quantitative estimate of drug-likeness (QED) is 0.150. The van der Waals surface area contributed by atoms with Crippen LogP contribution in [-0.4, -0.2) is 131 Å². The van der Waals surface area contributed by atoms with Crippen LogP contribution in [0.15, 0.2) is 85.7 Å². The van der Waals surface area contributed by atoms with Gasteiger partial charge in [-0.1, -0.05) is 6.07 Å². The fourth-order valence-electron chi connectivity index (χ4n) is 9.97. The SMILES string of the molecule is C[C@H](c1ccccn1)N1CCN(c2ccc(-c3nc(-c4cnn(C5CCN(C(=O)CC6(O)CCN(c7ccc(NC8CCC(=O)NC8=O)cc7F)CC6)CC5)c4)cn4ncc(C#N)c34)cn2)CC1. The van der Waals surface area contributed by atoms with E-state index in [1.165, 1.54) is 6.07 Å². The number of fused-ring (bicyclic) bond motifs is 1. The first-order chi connectivity index (χ1) is 33.0. The van der Waals surface area contributed by atoms with Crippen molar-refractivity contribution < 1.29 is 23.9 Å². The molecular weight excluding hydrogens is 868 g/mol. The Hall–Kier alpha value is -7.30. The first-order valence-electron chi connectivity index (χ1n) is 23.3. The molecule has 1 aromatic carbocycles. The van der Waals surface area contributed by atoms with Gasteiger partial charge in [0.15, 0.2) is 0 Å². The fourth-order valence-corrected chi connectivity index (χ4v) is 9.97. The lowest BCUT2D eigenvalue weighted by molar-refractivity contribution is -0.139. The molecule has 0 bridgehead atoms. The van der Waals surface area contributed by atoms with E-state index in [4.69, 9.17) is 15.1 Å². The van der Waals surface area contributed by atoms with Crippen LogP contribution >= 0.6 is 0 Å². The van der Waals surface area contributed by atoms with Crippen LogP contribution in [0.5, 0.6) is 0 Å². The van der Waals surface area contributed by atoms with Crippen LogP contribution in [-0.2, 0) is 14.4 Å². The van der Waals surface area contributed by atoms with Crippen molar-refractivity contribution in [2.75, 3.05) is 67.5 Å². The number of aromatic nitrogens is 7. The minimum atomic E-state index is -1.20. The highest BCUT2D eigenvalue weighted by molar-refractivity contribution is 6.01. The number of halogens is 1. The number of benzene rings is 1. The van der Waals surface area contributed by atoms with Crippen molar-refractivity contribution in [3.8, 4) is 28.6 Å². The molecule has 3 amide bonds. The van der Waals surface area contributed by atoms with Crippen LogP contribution in [0.1, 0.15) is 75.2 Å². The average molecular weight is 921 g/mol. The number of piperazine rings is 1. The Morgan fingerprint density at radius 3 is 2.44 bits per heavy atom. The van der Waals surface area contributed by atoms with Crippen molar-refractivity contribution in [1.82, 2.24) is 49.5 Å². The maximum Gasteiger partial charge on any atom is 0.249 e. The molecule has 0 radical (unpaired) electrons. The number of anilines is 3. The van der Waals surface area contributed by atoms with E-state index >= 15 is 4.39 Å². The van der Waals surface area contributed by atoms with E-state index in [9.17, 15) is 24.8 Å². The summed E-state index contributed by atoms with van der Waals surface area (Å²) in [5.41, 5.74) is 4.50. The molecule has 4 saturated heterocycles. The number of hydrogen-bond donors (Lipinski definition) is 3. The number of amides is 3. The summed E-state index contributed by atoms with van der Waals surface area (Å²) in [6.45, 7) is 7.45. The monoisotopic (exact) mass is 920 g/mol. The fraction of sp³-hybridized carbons (Fsp3) is 0.408. The molecule has 0 aliphatic carbocycles. The van der Waals surface area contributed by atoms with E-state index in [-0.39, 0.29) is 36.7 Å². The molecule has 4 fully saturated rings. The minimum absolute atomic E-state index is 0.00594. The highest BCUT2D eigenvalue weighted by Crippen LogP contribution is 2.35. The zero-order chi connectivity index (χ0) is 46.9. The van der Waals surface area contributed by atoms with Crippen LogP contribution in [0.3, 0.4) is 0 Å². The van der Waals surface area contributed by atoms with E-state index in [1.54, 1.807) is 35.2 Å². The second-order valence-corrected chi connectivity index (χ2v) is 18.3. The van der Waals surface area contributed by atoms with Gasteiger partial charge in [-0.05, 0) is 81.5 Å². The maximum atomic E-state index is 15.3. The van der Waals surface area contributed by atoms with Gasteiger partial charge in [0.1, 0.15) is 34.8 Å². The summed E-state index contributed by atoms with van der Waals surface area (Å²) in [6, 6.07) is 16.7. The van der Waals surface area contributed by atoms with Crippen LogP contribution in [0.2, 0.25) is 0 Å². The van der Waals surface area contributed by atoms with E-state index in [0.29, 0.717) is 92.1 Å². The number of carbonyl (C=O) groups excluding carboxylic acids is 3. The van der Waals surface area contributed by atoms with E-state index < -0.39 is 23.4 Å². The minimum Gasteiger partial charge on any atom is -0.389 e. The summed E-state index contributed by atoms with van der Waals surface area (Å²) >= 11 is 0. The lowest BCUT2D eigenvalue weighted by Crippen LogP contribution is -2.49. The van der Waals surface area contributed by atoms with Gasteiger partial charge in [-0.2, -0.15) is 15.5 Å². The topological polar surface area (TPSA) is 206 Å². The van der Waals surface area contributed by atoms with Gasteiger partial charge < -0.3 is 25.1 Å². The first kappa shape index (κ1) is 44.5.